The van der Waals surface area contributed by atoms with Gasteiger partial charge < -0.3 is 15.3 Å². The largest absolute Gasteiger partial charge is 0.480 e. The van der Waals surface area contributed by atoms with E-state index in [0.717, 1.165) is 19.3 Å². The van der Waals surface area contributed by atoms with Crippen LogP contribution in [-0.4, -0.2) is 63.0 Å². The number of ketones is 1. The molecule has 0 aliphatic carbocycles. The first-order valence-corrected chi connectivity index (χ1v) is 14.7. The fraction of sp³-hybridized carbons (Fsp3) is 0.742. The molecule has 0 amide bonds. The fourth-order valence-corrected chi connectivity index (χ4v) is 4.40. The van der Waals surface area contributed by atoms with Crippen molar-refractivity contribution >= 4 is 23.7 Å². The summed E-state index contributed by atoms with van der Waals surface area (Å²) in [6.45, 7) is 0.429. The lowest BCUT2D eigenvalue weighted by molar-refractivity contribution is -0.151. The molecule has 0 bridgehead atoms. The maximum absolute atomic E-state index is 12.1. The Bertz CT molecular complexity index is 815. The fourth-order valence-electron chi connectivity index (χ4n) is 4.40. The molecule has 220 valence electrons. The number of hydrogen-bond donors (Lipinski definition) is 3. The first kappa shape index (κ1) is 36.2. The van der Waals surface area contributed by atoms with Crippen LogP contribution in [-0.2, 0) is 19.2 Å². The zero-order valence-electron chi connectivity index (χ0n) is 23.8. The summed E-state index contributed by atoms with van der Waals surface area (Å²) in [7, 11) is 0. The number of carbonyl (C=O) groups excluding carboxylic acids is 1. The molecule has 0 aliphatic rings. The van der Waals surface area contributed by atoms with Crippen LogP contribution in [0.1, 0.15) is 129 Å². The third-order valence-corrected chi connectivity index (χ3v) is 6.52. The molecule has 0 heterocycles. The Morgan fingerprint density at radius 3 is 1.33 bits per heavy atom. The summed E-state index contributed by atoms with van der Waals surface area (Å²) in [6, 6.07) is -1.98. The molecule has 8 nitrogen and oxygen atoms in total. The van der Waals surface area contributed by atoms with Crippen molar-refractivity contribution in [3.8, 4) is 23.7 Å². The van der Waals surface area contributed by atoms with Crippen LogP contribution in [0.2, 0.25) is 0 Å². The number of unbranched alkanes of at least 4 members (excludes halogenated alkanes) is 18. The predicted octanol–water partition coefficient (Wildman–Crippen LogP) is 5.92. The van der Waals surface area contributed by atoms with E-state index in [2.05, 4.69) is 30.6 Å². The molecular formula is C31H49NO7. The standard InChI is InChI=1S/C31H49NO7/c1-2-3-4-5-6-7-8-9-10-11-12-13-14-15-16-17-18-19-20-21-22-23-24-27(33)30(31(38)39)32(25-28(34)35)26-29(36)37/h30H,2-20,25-26H2,1H3,(H,34,35)(H,36,37)(H,38,39). The van der Waals surface area contributed by atoms with Crippen molar-refractivity contribution in [2.24, 2.45) is 0 Å². The number of hydrogen-bond acceptors (Lipinski definition) is 5. The van der Waals surface area contributed by atoms with Crippen LogP contribution in [0.25, 0.3) is 0 Å². The topological polar surface area (TPSA) is 132 Å². The Morgan fingerprint density at radius 1 is 0.590 bits per heavy atom. The van der Waals surface area contributed by atoms with E-state index in [4.69, 9.17) is 10.2 Å². The van der Waals surface area contributed by atoms with Gasteiger partial charge in [0, 0.05) is 6.42 Å². The van der Waals surface area contributed by atoms with Crippen molar-refractivity contribution in [1.82, 2.24) is 4.90 Å². The van der Waals surface area contributed by atoms with Crippen LogP contribution in [0.4, 0.5) is 0 Å². The van der Waals surface area contributed by atoms with E-state index in [1.165, 1.54) is 96.3 Å². The van der Waals surface area contributed by atoms with Crippen molar-refractivity contribution in [3.63, 3.8) is 0 Å². The number of aliphatic carboxylic acids is 3. The number of rotatable bonds is 25. The summed E-state index contributed by atoms with van der Waals surface area (Å²) < 4.78 is 0. The molecule has 0 aromatic heterocycles. The lowest BCUT2D eigenvalue weighted by atomic mass is 10.0. The van der Waals surface area contributed by atoms with Gasteiger partial charge in [0.25, 0.3) is 0 Å². The molecule has 0 spiro atoms. The summed E-state index contributed by atoms with van der Waals surface area (Å²) in [6.07, 6.45) is 24.1. The Balaban J connectivity index is 3.89. The van der Waals surface area contributed by atoms with Gasteiger partial charge >= 0.3 is 17.9 Å². The second-order valence-corrected chi connectivity index (χ2v) is 10.1. The van der Waals surface area contributed by atoms with E-state index in [9.17, 15) is 24.3 Å². The van der Waals surface area contributed by atoms with Gasteiger partial charge in [-0.3, -0.25) is 19.3 Å². The summed E-state index contributed by atoms with van der Waals surface area (Å²) in [5, 5.41) is 27.0. The summed E-state index contributed by atoms with van der Waals surface area (Å²) >= 11 is 0. The number of Topliss-reactive ketones (excluding diaryl/α,β-unsaturated/α-hetero) is 1. The van der Waals surface area contributed by atoms with E-state index in [1.807, 2.05) is 0 Å². The van der Waals surface area contributed by atoms with Gasteiger partial charge in [0.2, 0.25) is 5.78 Å². The average molecular weight is 548 g/mol. The Hall–Kier alpha value is -2.84. The molecule has 8 heteroatoms. The van der Waals surface area contributed by atoms with Crippen molar-refractivity contribution in [1.29, 1.82) is 0 Å². The number of nitrogens with zero attached hydrogens (tertiary/aromatic N) is 1. The minimum Gasteiger partial charge on any atom is -0.480 e. The highest BCUT2D eigenvalue weighted by Gasteiger charge is 2.34. The first-order valence-electron chi connectivity index (χ1n) is 14.7. The van der Waals surface area contributed by atoms with E-state index >= 15 is 0 Å². The van der Waals surface area contributed by atoms with Crippen LogP contribution in [0.5, 0.6) is 0 Å². The maximum Gasteiger partial charge on any atom is 0.329 e. The predicted molar refractivity (Wildman–Crippen MR) is 152 cm³/mol. The van der Waals surface area contributed by atoms with Gasteiger partial charge in [-0.1, -0.05) is 122 Å². The van der Waals surface area contributed by atoms with Gasteiger partial charge in [0.15, 0.2) is 6.04 Å². The first-order chi connectivity index (χ1) is 18.8. The molecule has 39 heavy (non-hydrogen) atoms. The molecular weight excluding hydrogens is 498 g/mol. The van der Waals surface area contributed by atoms with E-state index in [0.29, 0.717) is 11.3 Å². The van der Waals surface area contributed by atoms with Crippen molar-refractivity contribution in [2.75, 3.05) is 13.1 Å². The molecule has 0 saturated heterocycles. The van der Waals surface area contributed by atoms with Gasteiger partial charge in [-0.2, -0.15) is 0 Å². The lowest BCUT2D eigenvalue weighted by Gasteiger charge is -2.22. The van der Waals surface area contributed by atoms with Crippen molar-refractivity contribution in [2.45, 2.75) is 135 Å². The normalized spacial score (nSPS) is 11.2. The summed E-state index contributed by atoms with van der Waals surface area (Å²) in [5.74, 6) is 4.05. The number of carboxylic acids is 3. The van der Waals surface area contributed by atoms with Gasteiger partial charge in [0.05, 0.1) is 13.1 Å². The molecule has 3 N–H and O–H groups in total. The molecule has 0 fully saturated rings. The van der Waals surface area contributed by atoms with Gasteiger partial charge in [0.1, 0.15) is 0 Å². The Labute approximate surface area is 234 Å². The van der Waals surface area contributed by atoms with Crippen molar-refractivity contribution in [3.05, 3.63) is 0 Å². The van der Waals surface area contributed by atoms with Gasteiger partial charge in [-0.05, 0) is 24.2 Å². The molecule has 0 aromatic rings. The van der Waals surface area contributed by atoms with E-state index in [-0.39, 0.29) is 0 Å². The third kappa shape index (κ3) is 22.8. The highest BCUT2D eigenvalue weighted by atomic mass is 16.4. The van der Waals surface area contributed by atoms with Crippen LogP contribution in [0.3, 0.4) is 0 Å². The lowest BCUT2D eigenvalue weighted by Crippen LogP contribution is -2.50. The minimum absolute atomic E-state index is 0.537. The van der Waals surface area contributed by atoms with Crippen LogP contribution in [0, 0.1) is 23.7 Å². The van der Waals surface area contributed by atoms with Gasteiger partial charge in [-0.25, -0.2) is 4.79 Å². The monoisotopic (exact) mass is 547 g/mol. The molecule has 0 saturated carbocycles. The maximum atomic E-state index is 12.1. The highest BCUT2D eigenvalue weighted by Crippen LogP contribution is 2.14. The van der Waals surface area contributed by atoms with Crippen LogP contribution in [0.15, 0.2) is 0 Å². The Morgan fingerprint density at radius 2 is 0.974 bits per heavy atom. The average Bonchev–Trinajstić information content (AvgIpc) is 2.86. The second kappa shape index (κ2) is 25.4. The Kier molecular flexibility index (Phi) is 23.6. The number of carbonyl (C=O) groups is 4. The minimum atomic E-state index is -1.98. The third-order valence-electron chi connectivity index (χ3n) is 6.52. The summed E-state index contributed by atoms with van der Waals surface area (Å²) in [5.41, 5.74) is 0. The van der Waals surface area contributed by atoms with Crippen LogP contribution >= 0.6 is 0 Å². The number of carboxylic acid groups (broad SMARTS) is 3. The molecule has 1 unspecified atom stereocenters. The van der Waals surface area contributed by atoms with Crippen LogP contribution < -0.4 is 0 Å². The van der Waals surface area contributed by atoms with Gasteiger partial charge in [-0.15, -0.1) is 0 Å². The highest BCUT2D eigenvalue weighted by molar-refractivity contribution is 6.12. The second-order valence-electron chi connectivity index (χ2n) is 10.1. The molecule has 0 rings (SSSR count). The van der Waals surface area contributed by atoms with E-state index in [1.54, 1.807) is 0 Å². The smallest absolute Gasteiger partial charge is 0.329 e. The molecule has 1 atom stereocenters. The quantitative estimate of drug-likeness (QED) is 0.0555. The zero-order valence-corrected chi connectivity index (χ0v) is 23.8. The van der Waals surface area contributed by atoms with Crippen molar-refractivity contribution < 1.29 is 34.5 Å². The summed E-state index contributed by atoms with van der Waals surface area (Å²) in [4.78, 5) is 45.9. The SMILES string of the molecule is CCCCCCCCCCCCCCCCCCCCC#CC#CC(=O)C(C(=O)O)N(CC(=O)O)CC(=O)O. The zero-order chi connectivity index (χ0) is 29.1. The molecule has 0 aromatic carbocycles. The molecule has 0 radical (unpaired) electrons. The molecule has 0 aliphatic heterocycles. The van der Waals surface area contributed by atoms with E-state index < -0.39 is 42.8 Å².